The average molecular weight is 253 g/mol. The van der Waals surface area contributed by atoms with Crippen molar-refractivity contribution >= 4 is 5.69 Å². The number of anilines is 1. The molecule has 1 heterocycles. The lowest BCUT2D eigenvalue weighted by Gasteiger charge is -2.35. The van der Waals surface area contributed by atoms with Crippen LogP contribution >= 0.6 is 0 Å². The van der Waals surface area contributed by atoms with Crippen LogP contribution in [0, 0.1) is 12.7 Å². The van der Waals surface area contributed by atoms with Crippen LogP contribution in [0.4, 0.5) is 10.1 Å². The van der Waals surface area contributed by atoms with E-state index in [0.29, 0.717) is 17.7 Å². The van der Waals surface area contributed by atoms with Gasteiger partial charge in [-0.25, -0.2) is 4.39 Å². The van der Waals surface area contributed by atoms with Crippen molar-refractivity contribution in [1.29, 1.82) is 0 Å². The number of benzene rings is 1. The number of aliphatic hydroxyl groups excluding tert-OH is 1. The Morgan fingerprint density at radius 3 is 2.83 bits per heavy atom. The molecule has 1 fully saturated rings. The largest absolute Gasteiger partial charge is 0.389 e. The lowest BCUT2D eigenvalue weighted by atomic mass is 10.0. The minimum Gasteiger partial charge on any atom is -0.389 e. The number of aliphatic hydroxyl groups is 1. The number of morpholine rings is 1. The Morgan fingerprint density at radius 1 is 1.50 bits per heavy atom. The van der Waals surface area contributed by atoms with Crippen LogP contribution in [-0.2, 0) is 4.74 Å². The zero-order chi connectivity index (χ0) is 13.3. The SMILES string of the molecule is Cc1cc(N2CCOC(C)C2)c([C@@H](C)O)cc1F. The summed E-state index contributed by atoms with van der Waals surface area (Å²) in [6, 6.07) is 3.25. The van der Waals surface area contributed by atoms with Crippen LogP contribution in [-0.4, -0.2) is 30.9 Å². The Labute approximate surface area is 107 Å². The molecule has 4 heteroatoms. The maximum absolute atomic E-state index is 13.6. The molecule has 0 spiro atoms. The highest BCUT2D eigenvalue weighted by Crippen LogP contribution is 2.30. The summed E-state index contributed by atoms with van der Waals surface area (Å²) in [6.07, 6.45) is -0.515. The molecule has 0 aliphatic carbocycles. The smallest absolute Gasteiger partial charge is 0.126 e. The van der Waals surface area contributed by atoms with E-state index < -0.39 is 6.10 Å². The number of hydrogen-bond acceptors (Lipinski definition) is 3. The van der Waals surface area contributed by atoms with Gasteiger partial charge in [0.2, 0.25) is 0 Å². The summed E-state index contributed by atoms with van der Waals surface area (Å²) < 4.78 is 19.1. The number of aryl methyl sites for hydroxylation is 1. The van der Waals surface area contributed by atoms with Gasteiger partial charge in [0.15, 0.2) is 0 Å². The lowest BCUT2D eigenvalue weighted by Crippen LogP contribution is -2.41. The van der Waals surface area contributed by atoms with E-state index in [1.165, 1.54) is 6.07 Å². The van der Waals surface area contributed by atoms with Crippen molar-refractivity contribution in [3.8, 4) is 0 Å². The van der Waals surface area contributed by atoms with E-state index in [9.17, 15) is 9.50 Å². The molecule has 3 nitrogen and oxygen atoms in total. The van der Waals surface area contributed by atoms with E-state index in [4.69, 9.17) is 4.74 Å². The molecule has 2 atom stereocenters. The topological polar surface area (TPSA) is 32.7 Å². The Morgan fingerprint density at radius 2 is 2.22 bits per heavy atom. The average Bonchev–Trinajstić information content (AvgIpc) is 2.31. The minimum atomic E-state index is -0.673. The molecule has 0 aromatic heterocycles. The van der Waals surface area contributed by atoms with Gasteiger partial charge in [0, 0.05) is 24.3 Å². The third kappa shape index (κ3) is 2.65. The molecule has 0 bridgehead atoms. The van der Waals surface area contributed by atoms with Gasteiger partial charge in [-0.05, 0) is 38.5 Å². The normalized spacial score (nSPS) is 22.1. The number of hydrogen-bond donors (Lipinski definition) is 1. The monoisotopic (exact) mass is 253 g/mol. The summed E-state index contributed by atoms with van der Waals surface area (Å²) in [5, 5.41) is 9.79. The van der Waals surface area contributed by atoms with Gasteiger partial charge in [-0.1, -0.05) is 0 Å². The molecule has 1 aromatic carbocycles. The number of ether oxygens (including phenoxy) is 1. The van der Waals surface area contributed by atoms with Crippen molar-refractivity contribution in [3.63, 3.8) is 0 Å². The van der Waals surface area contributed by atoms with Crippen LogP contribution in [0.5, 0.6) is 0 Å². The van der Waals surface area contributed by atoms with Gasteiger partial charge in [-0.15, -0.1) is 0 Å². The Balaban J connectivity index is 2.38. The second-order valence-corrected chi connectivity index (χ2v) is 4.96. The van der Waals surface area contributed by atoms with Gasteiger partial charge in [0.05, 0.1) is 18.8 Å². The van der Waals surface area contributed by atoms with Gasteiger partial charge in [0.1, 0.15) is 5.82 Å². The van der Waals surface area contributed by atoms with E-state index in [1.807, 2.05) is 13.0 Å². The molecular formula is C14H20FNO2. The lowest BCUT2D eigenvalue weighted by molar-refractivity contribution is 0.0529. The fraction of sp³-hybridized carbons (Fsp3) is 0.571. The second kappa shape index (κ2) is 5.24. The van der Waals surface area contributed by atoms with Crippen molar-refractivity contribution in [2.45, 2.75) is 33.0 Å². The second-order valence-electron chi connectivity index (χ2n) is 4.96. The molecule has 1 aliphatic heterocycles. The maximum atomic E-state index is 13.6. The van der Waals surface area contributed by atoms with Crippen molar-refractivity contribution in [1.82, 2.24) is 0 Å². The highest BCUT2D eigenvalue weighted by atomic mass is 19.1. The first-order chi connectivity index (χ1) is 8.49. The third-order valence-corrected chi connectivity index (χ3v) is 3.34. The summed E-state index contributed by atoms with van der Waals surface area (Å²) >= 11 is 0. The van der Waals surface area contributed by atoms with Gasteiger partial charge >= 0.3 is 0 Å². The first-order valence-electron chi connectivity index (χ1n) is 6.33. The molecule has 18 heavy (non-hydrogen) atoms. The van der Waals surface area contributed by atoms with Crippen molar-refractivity contribution in [2.75, 3.05) is 24.6 Å². The molecule has 1 aromatic rings. The summed E-state index contributed by atoms with van der Waals surface area (Å²) in [7, 11) is 0. The fourth-order valence-electron chi connectivity index (χ4n) is 2.33. The van der Waals surface area contributed by atoms with Gasteiger partial charge < -0.3 is 14.7 Å². The number of halogens is 1. The Hall–Kier alpha value is -1.13. The summed E-state index contributed by atoms with van der Waals surface area (Å²) in [5.74, 6) is -0.268. The number of nitrogens with zero attached hydrogens (tertiary/aromatic N) is 1. The molecule has 1 N–H and O–H groups in total. The zero-order valence-electron chi connectivity index (χ0n) is 11.1. The van der Waals surface area contributed by atoms with Gasteiger partial charge in [-0.2, -0.15) is 0 Å². The van der Waals surface area contributed by atoms with E-state index in [1.54, 1.807) is 13.8 Å². The highest BCUT2D eigenvalue weighted by molar-refractivity contribution is 5.57. The third-order valence-electron chi connectivity index (χ3n) is 3.34. The predicted molar refractivity (Wildman–Crippen MR) is 69.4 cm³/mol. The molecule has 100 valence electrons. The van der Waals surface area contributed by atoms with Gasteiger partial charge in [-0.3, -0.25) is 0 Å². The van der Waals surface area contributed by atoms with Crippen LogP contribution in [0.3, 0.4) is 0 Å². The Bertz CT molecular complexity index is 434. The molecule has 1 saturated heterocycles. The highest BCUT2D eigenvalue weighted by Gasteiger charge is 2.21. The van der Waals surface area contributed by atoms with E-state index in [2.05, 4.69) is 4.90 Å². The summed E-state index contributed by atoms with van der Waals surface area (Å²) in [5.41, 5.74) is 2.17. The first kappa shape index (κ1) is 13.3. The van der Waals surface area contributed by atoms with Crippen LogP contribution in [0.25, 0.3) is 0 Å². The van der Waals surface area contributed by atoms with E-state index in [0.717, 1.165) is 18.8 Å². The van der Waals surface area contributed by atoms with Crippen molar-refractivity contribution in [2.24, 2.45) is 0 Å². The Kier molecular flexibility index (Phi) is 3.88. The molecular weight excluding hydrogens is 233 g/mol. The predicted octanol–water partition coefficient (Wildman–Crippen LogP) is 2.41. The fourth-order valence-corrected chi connectivity index (χ4v) is 2.33. The van der Waals surface area contributed by atoms with E-state index in [-0.39, 0.29) is 11.9 Å². The van der Waals surface area contributed by atoms with Crippen molar-refractivity contribution in [3.05, 3.63) is 29.1 Å². The van der Waals surface area contributed by atoms with Crippen LogP contribution in [0.2, 0.25) is 0 Å². The first-order valence-corrected chi connectivity index (χ1v) is 6.33. The molecule has 0 amide bonds. The summed E-state index contributed by atoms with van der Waals surface area (Å²) in [4.78, 5) is 2.16. The van der Waals surface area contributed by atoms with E-state index >= 15 is 0 Å². The molecule has 0 saturated carbocycles. The quantitative estimate of drug-likeness (QED) is 0.878. The number of rotatable bonds is 2. The molecule has 1 aliphatic rings. The molecule has 2 rings (SSSR count). The maximum Gasteiger partial charge on any atom is 0.126 e. The van der Waals surface area contributed by atoms with Crippen LogP contribution in [0.15, 0.2) is 12.1 Å². The molecule has 1 unspecified atom stereocenters. The minimum absolute atomic E-state index is 0.158. The standard InChI is InChI=1S/C14H20FNO2/c1-9-6-14(12(11(3)17)7-13(9)15)16-4-5-18-10(2)8-16/h6-7,10-11,17H,4-5,8H2,1-3H3/t10?,11-/m1/s1. The van der Waals surface area contributed by atoms with Crippen LogP contribution < -0.4 is 4.90 Å². The van der Waals surface area contributed by atoms with Crippen molar-refractivity contribution < 1.29 is 14.2 Å². The zero-order valence-corrected chi connectivity index (χ0v) is 11.1. The molecule has 0 radical (unpaired) electrons. The summed E-state index contributed by atoms with van der Waals surface area (Å²) in [6.45, 7) is 7.63. The van der Waals surface area contributed by atoms with Crippen LogP contribution in [0.1, 0.15) is 31.1 Å². The van der Waals surface area contributed by atoms with Gasteiger partial charge in [0.25, 0.3) is 0 Å².